The molecule has 1 saturated heterocycles. The molecule has 2 rings (SSSR count). The summed E-state index contributed by atoms with van der Waals surface area (Å²) in [7, 11) is 0. The van der Waals surface area contributed by atoms with Crippen LogP contribution in [-0.4, -0.2) is 43.2 Å². The van der Waals surface area contributed by atoms with Gasteiger partial charge in [-0.25, -0.2) is 9.59 Å². The van der Waals surface area contributed by atoms with Crippen LogP contribution in [0.15, 0.2) is 30.8 Å². The van der Waals surface area contributed by atoms with Crippen molar-refractivity contribution < 1.29 is 28.5 Å². The number of rotatable bonds is 7. The van der Waals surface area contributed by atoms with Crippen molar-refractivity contribution in [3.05, 3.63) is 36.4 Å². The fourth-order valence-corrected chi connectivity index (χ4v) is 2.83. The van der Waals surface area contributed by atoms with Gasteiger partial charge in [0.25, 0.3) is 0 Å². The Labute approximate surface area is 172 Å². The zero-order valence-electron chi connectivity index (χ0n) is 17.7. The van der Waals surface area contributed by atoms with Gasteiger partial charge in [0.15, 0.2) is 12.3 Å². The van der Waals surface area contributed by atoms with Crippen molar-refractivity contribution in [2.24, 2.45) is 0 Å². The second kappa shape index (κ2) is 10.3. The summed E-state index contributed by atoms with van der Waals surface area (Å²) in [6.45, 7) is 11.8. The van der Waals surface area contributed by atoms with E-state index in [2.05, 4.69) is 11.9 Å². The van der Waals surface area contributed by atoms with Gasteiger partial charge in [-0.05, 0) is 63.8 Å². The minimum atomic E-state index is -1.08. The van der Waals surface area contributed by atoms with Gasteiger partial charge in [0.1, 0.15) is 11.4 Å². The van der Waals surface area contributed by atoms with Crippen molar-refractivity contribution in [1.82, 2.24) is 5.32 Å². The number of hydrogen-bond donors (Lipinski definition) is 1. The first-order valence-electron chi connectivity index (χ1n) is 9.93. The number of carbonyl (C=O) groups is 2. The first-order valence-corrected chi connectivity index (χ1v) is 9.93. The molecule has 0 radical (unpaired) electrons. The molecule has 1 amide bonds. The summed E-state index contributed by atoms with van der Waals surface area (Å²) in [6.07, 6.45) is 1.92. The molecule has 0 saturated carbocycles. The maximum atomic E-state index is 12.5. The van der Waals surface area contributed by atoms with E-state index in [-0.39, 0.29) is 12.9 Å². The number of benzene rings is 1. The molecular weight excluding hydrogens is 374 g/mol. The summed E-state index contributed by atoms with van der Waals surface area (Å²) in [4.78, 5) is 24.7. The third-order valence-electron chi connectivity index (χ3n) is 4.14. The summed E-state index contributed by atoms with van der Waals surface area (Å²) in [6, 6.07) is 6.10. The van der Waals surface area contributed by atoms with E-state index in [0.29, 0.717) is 23.5 Å². The molecule has 1 N–H and O–H groups in total. The van der Waals surface area contributed by atoms with E-state index in [0.717, 1.165) is 19.3 Å². The van der Waals surface area contributed by atoms with Crippen LogP contribution in [0.5, 0.6) is 5.75 Å². The molecule has 160 valence electrons. The molecule has 1 aliphatic rings. The van der Waals surface area contributed by atoms with Crippen LogP contribution < -0.4 is 10.1 Å². The highest BCUT2D eigenvalue weighted by Gasteiger charge is 2.28. The van der Waals surface area contributed by atoms with Crippen LogP contribution in [0, 0.1) is 0 Å². The molecule has 0 aliphatic carbocycles. The Bertz CT molecular complexity index is 718. The van der Waals surface area contributed by atoms with E-state index >= 15 is 0 Å². The fraction of sp³-hybridized carbons (Fsp3) is 0.545. The van der Waals surface area contributed by atoms with Gasteiger partial charge in [-0.1, -0.05) is 18.7 Å². The zero-order chi connectivity index (χ0) is 21.4. The van der Waals surface area contributed by atoms with Crippen LogP contribution in [0.1, 0.15) is 52.5 Å². The zero-order valence-corrected chi connectivity index (χ0v) is 17.7. The maximum Gasteiger partial charge on any atom is 0.408 e. The molecule has 2 unspecified atom stereocenters. The van der Waals surface area contributed by atoms with Crippen molar-refractivity contribution in [3.8, 4) is 5.75 Å². The Hall–Kier alpha value is -2.54. The topological polar surface area (TPSA) is 83.1 Å². The van der Waals surface area contributed by atoms with E-state index in [1.54, 1.807) is 45.9 Å². The van der Waals surface area contributed by atoms with Crippen LogP contribution in [-0.2, 0) is 19.0 Å². The first kappa shape index (κ1) is 22.7. The Balaban J connectivity index is 2.15. The van der Waals surface area contributed by atoms with Gasteiger partial charge in [0.2, 0.25) is 0 Å². The van der Waals surface area contributed by atoms with Crippen molar-refractivity contribution in [2.75, 3.05) is 13.2 Å². The quantitative estimate of drug-likeness (QED) is 0.689. The Morgan fingerprint density at radius 1 is 1.31 bits per heavy atom. The van der Waals surface area contributed by atoms with Crippen LogP contribution in [0.4, 0.5) is 4.79 Å². The molecule has 1 heterocycles. The largest absolute Gasteiger partial charge is 0.465 e. The number of carbonyl (C=O) groups excluding carboxylic acids is 2. The van der Waals surface area contributed by atoms with E-state index in [9.17, 15) is 9.59 Å². The average molecular weight is 405 g/mol. The summed E-state index contributed by atoms with van der Waals surface area (Å²) < 4.78 is 21.9. The highest BCUT2D eigenvalue weighted by molar-refractivity contribution is 5.94. The second-order valence-corrected chi connectivity index (χ2v) is 7.80. The maximum absolute atomic E-state index is 12.5. The molecule has 29 heavy (non-hydrogen) atoms. The standard InChI is InChI=1S/C22H31NO6/c1-6-26-20(24)19(23-21(25)29-22(3,4)5)15(2)16-10-9-11-17(14-16)28-18-12-7-8-13-27-18/h9-11,14,18-19H,2,6-8,12-13H2,1,3-5H3,(H,23,25). The lowest BCUT2D eigenvalue weighted by Gasteiger charge is -2.25. The molecule has 0 aromatic heterocycles. The lowest BCUT2D eigenvalue weighted by atomic mass is 10.00. The van der Waals surface area contributed by atoms with Gasteiger partial charge in [-0.15, -0.1) is 0 Å². The molecule has 1 aliphatic heterocycles. The third kappa shape index (κ3) is 7.42. The van der Waals surface area contributed by atoms with Gasteiger partial charge in [0, 0.05) is 6.42 Å². The SMILES string of the molecule is C=C(c1cccc(OC2CCCCO2)c1)C(NC(=O)OC(C)(C)C)C(=O)OCC. The van der Waals surface area contributed by atoms with E-state index in [1.165, 1.54) is 0 Å². The Morgan fingerprint density at radius 2 is 2.07 bits per heavy atom. The number of ether oxygens (including phenoxy) is 4. The second-order valence-electron chi connectivity index (χ2n) is 7.80. The molecular formula is C22H31NO6. The Morgan fingerprint density at radius 3 is 2.69 bits per heavy atom. The van der Waals surface area contributed by atoms with Gasteiger partial charge in [-0.2, -0.15) is 0 Å². The van der Waals surface area contributed by atoms with Gasteiger partial charge < -0.3 is 24.3 Å². The van der Waals surface area contributed by atoms with Crippen LogP contribution >= 0.6 is 0 Å². The molecule has 1 fully saturated rings. The molecule has 2 atom stereocenters. The highest BCUT2D eigenvalue weighted by Crippen LogP contribution is 2.25. The van der Waals surface area contributed by atoms with Gasteiger partial charge in [0.05, 0.1) is 13.2 Å². The van der Waals surface area contributed by atoms with Gasteiger partial charge in [-0.3, -0.25) is 0 Å². The van der Waals surface area contributed by atoms with Crippen molar-refractivity contribution in [2.45, 2.75) is 64.9 Å². The average Bonchev–Trinajstić information content (AvgIpc) is 2.65. The molecule has 0 spiro atoms. The first-order chi connectivity index (χ1) is 13.7. The highest BCUT2D eigenvalue weighted by atomic mass is 16.7. The lowest BCUT2D eigenvalue weighted by molar-refractivity contribution is -0.144. The minimum absolute atomic E-state index is 0.181. The summed E-state index contributed by atoms with van der Waals surface area (Å²) >= 11 is 0. The van der Waals surface area contributed by atoms with E-state index in [4.69, 9.17) is 18.9 Å². The monoisotopic (exact) mass is 405 g/mol. The third-order valence-corrected chi connectivity index (χ3v) is 4.14. The lowest BCUT2D eigenvalue weighted by Crippen LogP contribution is -2.44. The molecule has 1 aromatic carbocycles. The van der Waals surface area contributed by atoms with Crippen LogP contribution in [0.3, 0.4) is 0 Å². The van der Waals surface area contributed by atoms with Crippen LogP contribution in [0.25, 0.3) is 5.57 Å². The molecule has 7 heteroatoms. The summed E-state index contributed by atoms with van der Waals surface area (Å²) in [5, 5.41) is 2.56. The smallest absolute Gasteiger partial charge is 0.408 e. The molecule has 0 bridgehead atoms. The van der Waals surface area contributed by atoms with Crippen molar-refractivity contribution in [1.29, 1.82) is 0 Å². The number of amides is 1. The number of esters is 1. The number of alkyl carbamates (subject to hydrolysis) is 1. The number of hydrogen-bond acceptors (Lipinski definition) is 6. The molecule has 7 nitrogen and oxygen atoms in total. The van der Waals surface area contributed by atoms with Crippen LogP contribution in [0.2, 0.25) is 0 Å². The fourth-order valence-electron chi connectivity index (χ4n) is 2.83. The predicted octanol–water partition coefficient (Wildman–Crippen LogP) is 4.06. The minimum Gasteiger partial charge on any atom is -0.465 e. The van der Waals surface area contributed by atoms with Gasteiger partial charge >= 0.3 is 12.1 Å². The summed E-state index contributed by atoms with van der Waals surface area (Å²) in [5.74, 6) is 0.000668. The molecule has 1 aromatic rings. The van der Waals surface area contributed by atoms with E-state index in [1.807, 2.05) is 6.07 Å². The Kier molecular flexibility index (Phi) is 8.08. The van der Waals surface area contributed by atoms with Crippen molar-refractivity contribution in [3.63, 3.8) is 0 Å². The normalized spacial score (nSPS) is 17.7. The summed E-state index contributed by atoms with van der Waals surface area (Å²) in [5.41, 5.74) is 0.329. The predicted molar refractivity (Wildman–Crippen MR) is 109 cm³/mol. The van der Waals surface area contributed by atoms with Crippen molar-refractivity contribution >= 4 is 17.6 Å². The number of nitrogens with one attached hydrogen (secondary N) is 1. The van der Waals surface area contributed by atoms with E-state index < -0.39 is 23.7 Å².